The molecular formula is C22H24N4O4S. The molecule has 0 spiro atoms. The predicted molar refractivity (Wildman–Crippen MR) is 117 cm³/mol. The van der Waals surface area contributed by atoms with Crippen LogP contribution in [0.5, 0.6) is 0 Å². The summed E-state index contributed by atoms with van der Waals surface area (Å²) in [6.07, 6.45) is 0.846. The summed E-state index contributed by atoms with van der Waals surface area (Å²) in [7, 11) is -1.98. The molecule has 0 unspecified atom stereocenters. The third-order valence-corrected chi connectivity index (χ3v) is 7.35. The number of sulfonamides is 1. The van der Waals surface area contributed by atoms with E-state index in [0.717, 1.165) is 5.69 Å². The topological polar surface area (TPSA) is 111 Å². The van der Waals surface area contributed by atoms with Crippen molar-refractivity contribution in [2.75, 3.05) is 30.4 Å². The number of hydrogen-bond acceptors (Lipinski definition) is 5. The fourth-order valence-electron chi connectivity index (χ4n) is 3.40. The Hall–Kier alpha value is -3.22. The average molecular weight is 441 g/mol. The van der Waals surface area contributed by atoms with E-state index in [0.29, 0.717) is 24.1 Å². The van der Waals surface area contributed by atoms with E-state index in [1.54, 1.807) is 31.3 Å². The van der Waals surface area contributed by atoms with Gasteiger partial charge in [0.15, 0.2) is 0 Å². The van der Waals surface area contributed by atoms with Crippen LogP contribution in [0.1, 0.15) is 25.3 Å². The summed E-state index contributed by atoms with van der Waals surface area (Å²) in [4.78, 5) is 25.7. The fourth-order valence-corrected chi connectivity index (χ4v) is 4.87. The lowest BCUT2D eigenvalue weighted by Gasteiger charge is -2.30. The van der Waals surface area contributed by atoms with Crippen molar-refractivity contribution in [2.45, 2.75) is 24.7 Å². The summed E-state index contributed by atoms with van der Waals surface area (Å²) < 4.78 is 27.0. The van der Waals surface area contributed by atoms with Crippen molar-refractivity contribution in [3.63, 3.8) is 0 Å². The van der Waals surface area contributed by atoms with Gasteiger partial charge in [-0.3, -0.25) is 9.59 Å². The molecule has 0 atom stereocenters. The smallest absolute Gasteiger partial charge is 0.243 e. The minimum absolute atomic E-state index is 0.0838. The van der Waals surface area contributed by atoms with Crippen molar-refractivity contribution in [2.24, 2.45) is 5.92 Å². The zero-order valence-electron chi connectivity index (χ0n) is 17.4. The second-order valence-electron chi connectivity index (χ2n) is 7.43. The van der Waals surface area contributed by atoms with Gasteiger partial charge in [-0.2, -0.15) is 9.57 Å². The van der Waals surface area contributed by atoms with Crippen LogP contribution in [0.4, 0.5) is 11.4 Å². The van der Waals surface area contributed by atoms with E-state index in [1.807, 2.05) is 6.07 Å². The van der Waals surface area contributed by atoms with Crippen molar-refractivity contribution >= 4 is 33.2 Å². The minimum atomic E-state index is -3.65. The lowest BCUT2D eigenvalue weighted by atomic mass is 9.97. The number of anilines is 2. The van der Waals surface area contributed by atoms with Gasteiger partial charge < -0.3 is 10.2 Å². The van der Waals surface area contributed by atoms with Crippen LogP contribution in [0.25, 0.3) is 0 Å². The zero-order valence-corrected chi connectivity index (χ0v) is 18.2. The number of carbonyl (C=O) groups excluding carboxylic acids is 2. The maximum atomic E-state index is 12.8. The largest absolute Gasteiger partial charge is 0.326 e. The predicted octanol–water partition coefficient (Wildman–Crippen LogP) is 2.58. The van der Waals surface area contributed by atoms with Gasteiger partial charge in [0.2, 0.25) is 21.8 Å². The molecule has 0 radical (unpaired) electrons. The highest BCUT2D eigenvalue weighted by molar-refractivity contribution is 7.89. The molecule has 31 heavy (non-hydrogen) atoms. The number of rotatable bonds is 5. The van der Waals surface area contributed by atoms with Gasteiger partial charge in [-0.25, -0.2) is 8.42 Å². The van der Waals surface area contributed by atoms with Gasteiger partial charge in [0.05, 0.1) is 16.5 Å². The Bertz CT molecular complexity index is 1100. The standard InChI is InChI=1S/C22H24N4O4S/c1-16(27)25(2)20-7-5-19(6-8-20)24-22(28)18-11-13-26(14-12-18)31(29,30)21-9-3-17(15-23)4-10-21/h3-10,18H,11-14H2,1-2H3,(H,24,28). The monoisotopic (exact) mass is 440 g/mol. The van der Waals surface area contributed by atoms with Crippen molar-refractivity contribution in [1.29, 1.82) is 5.26 Å². The second-order valence-corrected chi connectivity index (χ2v) is 9.37. The zero-order chi connectivity index (χ0) is 22.6. The molecule has 162 valence electrons. The molecule has 1 aliphatic rings. The van der Waals surface area contributed by atoms with E-state index in [2.05, 4.69) is 5.32 Å². The Morgan fingerprint density at radius 3 is 2.16 bits per heavy atom. The van der Waals surface area contributed by atoms with Gasteiger partial charge in [0.25, 0.3) is 0 Å². The number of hydrogen-bond donors (Lipinski definition) is 1. The maximum Gasteiger partial charge on any atom is 0.243 e. The van der Waals surface area contributed by atoms with Crippen LogP contribution in [0.15, 0.2) is 53.4 Å². The normalized spacial score (nSPS) is 15.1. The molecule has 8 nitrogen and oxygen atoms in total. The first kappa shape index (κ1) is 22.5. The van der Waals surface area contributed by atoms with Crippen LogP contribution >= 0.6 is 0 Å². The van der Waals surface area contributed by atoms with Crippen LogP contribution in [0.3, 0.4) is 0 Å². The SMILES string of the molecule is CC(=O)N(C)c1ccc(NC(=O)C2CCN(S(=O)(=O)c3ccc(C#N)cc3)CC2)cc1. The van der Waals surface area contributed by atoms with Crippen LogP contribution in [0, 0.1) is 17.2 Å². The van der Waals surface area contributed by atoms with Gasteiger partial charge in [-0.1, -0.05) is 0 Å². The first-order valence-corrected chi connectivity index (χ1v) is 11.3. The molecule has 9 heteroatoms. The summed E-state index contributed by atoms with van der Waals surface area (Å²) in [5.74, 6) is -0.519. The summed E-state index contributed by atoms with van der Waals surface area (Å²) >= 11 is 0. The Balaban J connectivity index is 1.58. The second kappa shape index (κ2) is 9.29. The van der Waals surface area contributed by atoms with E-state index < -0.39 is 10.0 Å². The molecule has 1 aliphatic heterocycles. The van der Waals surface area contributed by atoms with Gasteiger partial charge in [0, 0.05) is 44.4 Å². The first-order valence-electron chi connectivity index (χ1n) is 9.88. The molecule has 1 heterocycles. The van der Waals surface area contributed by atoms with E-state index in [9.17, 15) is 18.0 Å². The molecule has 1 saturated heterocycles. The number of piperidine rings is 1. The van der Waals surface area contributed by atoms with E-state index in [1.165, 1.54) is 40.4 Å². The third kappa shape index (κ3) is 5.10. The Labute approximate surface area is 182 Å². The van der Waals surface area contributed by atoms with Crippen molar-refractivity contribution < 1.29 is 18.0 Å². The number of carbonyl (C=O) groups is 2. The molecular weight excluding hydrogens is 416 g/mol. The van der Waals surface area contributed by atoms with Gasteiger partial charge in [-0.15, -0.1) is 0 Å². The number of amides is 2. The average Bonchev–Trinajstić information content (AvgIpc) is 2.79. The molecule has 0 aliphatic carbocycles. The Morgan fingerprint density at radius 2 is 1.65 bits per heavy atom. The highest BCUT2D eigenvalue weighted by Crippen LogP contribution is 2.25. The highest BCUT2D eigenvalue weighted by Gasteiger charge is 2.32. The number of nitriles is 1. The molecule has 0 bridgehead atoms. The highest BCUT2D eigenvalue weighted by atomic mass is 32.2. The first-order chi connectivity index (χ1) is 14.7. The Morgan fingerprint density at radius 1 is 1.06 bits per heavy atom. The number of nitrogens with zero attached hydrogens (tertiary/aromatic N) is 3. The summed E-state index contributed by atoms with van der Waals surface area (Å²) in [6.45, 7) is 1.98. The van der Waals surface area contributed by atoms with Crippen LogP contribution in [-0.4, -0.2) is 44.7 Å². The van der Waals surface area contributed by atoms with Crippen molar-refractivity contribution in [3.8, 4) is 6.07 Å². The van der Waals surface area contributed by atoms with Crippen molar-refractivity contribution in [3.05, 3.63) is 54.1 Å². The van der Waals surface area contributed by atoms with E-state index >= 15 is 0 Å². The van der Waals surface area contributed by atoms with Gasteiger partial charge in [0.1, 0.15) is 0 Å². The molecule has 2 aromatic carbocycles. The lowest BCUT2D eigenvalue weighted by Crippen LogP contribution is -2.41. The third-order valence-electron chi connectivity index (χ3n) is 5.44. The van der Waals surface area contributed by atoms with Gasteiger partial charge in [-0.05, 0) is 61.4 Å². The summed E-state index contributed by atoms with van der Waals surface area (Å²) in [5, 5.41) is 11.7. The van der Waals surface area contributed by atoms with Crippen LogP contribution in [0.2, 0.25) is 0 Å². The molecule has 0 saturated carbocycles. The number of nitrogens with one attached hydrogen (secondary N) is 1. The summed E-state index contributed by atoms with van der Waals surface area (Å²) in [5.41, 5.74) is 1.75. The van der Waals surface area contributed by atoms with Gasteiger partial charge >= 0.3 is 0 Å². The minimum Gasteiger partial charge on any atom is -0.326 e. The number of benzene rings is 2. The summed E-state index contributed by atoms with van der Waals surface area (Å²) in [6, 6.07) is 14.8. The molecule has 1 N–H and O–H groups in total. The van der Waals surface area contributed by atoms with E-state index in [-0.39, 0.29) is 35.7 Å². The molecule has 0 aromatic heterocycles. The van der Waals surface area contributed by atoms with Crippen LogP contribution < -0.4 is 10.2 Å². The fraction of sp³-hybridized carbons (Fsp3) is 0.318. The lowest BCUT2D eigenvalue weighted by molar-refractivity contribution is -0.121. The van der Waals surface area contributed by atoms with E-state index in [4.69, 9.17) is 5.26 Å². The van der Waals surface area contributed by atoms with Crippen molar-refractivity contribution in [1.82, 2.24) is 4.31 Å². The maximum absolute atomic E-state index is 12.8. The quantitative estimate of drug-likeness (QED) is 0.768. The molecule has 3 rings (SSSR count). The molecule has 2 aromatic rings. The van der Waals surface area contributed by atoms with Crippen LogP contribution in [-0.2, 0) is 19.6 Å². The Kier molecular flexibility index (Phi) is 6.73. The molecule has 2 amide bonds. The molecule has 1 fully saturated rings.